The van der Waals surface area contributed by atoms with Crippen LogP contribution < -0.4 is 0 Å². The van der Waals surface area contributed by atoms with Crippen molar-refractivity contribution in [2.24, 2.45) is 0 Å². The van der Waals surface area contributed by atoms with Crippen LogP contribution in [0.3, 0.4) is 0 Å². The van der Waals surface area contributed by atoms with Gasteiger partial charge in [0.2, 0.25) is 0 Å². The Morgan fingerprint density at radius 3 is 0.667 bits per heavy atom. The monoisotopic (exact) mass is 174 g/mol. The molecule has 0 fully saturated rings. The molecular weight excluding hydrogens is 163 g/mol. The van der Waals surface area contributed by atoms with Crippen LogP contribution in [-0.2, 0) is 16.5 Å². The maximum atomic E-state index is 6.26. The molecule has 0 radical (unpaired) electrons. The minimum absolute atomic E-state index is 0. The third-order valence-corrected chi connectivity index (χ3v) is 0.250. The molecule has 62 valence electrons. The molecule has 0 unspecified atom stereocenters. The fourth-order valence-electron chi connectivity index (χ4n) is 0. The van der Waals surface area contributed by atoms with E-state index in [1.165, 1.54) is 0 Å². The van der Waals surface area contributed by atoms with E-state index in [1.54, 1.807) is 0 Å². The second kappa shape index (κ2) is 23.9. The fraction of sp³-hybridized carbons (Fsp3) is 1.00. The quantitative estimate of drug-likeness (QED) is 0.574. The zero-order valence-corrected chi connectivity index (χ0v) is 6.13. The van der Waals surface area contributed by atoms with Crippen LogP contribution in [0.15, 0.2) is 0 Å². The van der Waals surface area contributed by atoms with E-state index in [4.69, 9.17) is 22.9 Å². The van der Waals surface area contributed by atoms with E-state index in [9.17, 15) is 0 Å². The van der Waals surface area contributed by atoms with Crippen LogP contribution in [0.2, 0.25) is 0 Å². The first kappa shape index (κ1) is 16.2. The molecule has 0 aromatic heterocycles. The van der Waals surface area contributed by atoms with Gasteiger partial charge in [0.25, 0.3) is 0 Å². The molecular formula is C4H12N4Ni-4. The molecule has 4 nitrogen and oxygen atoms in total. The molecule has 0 rings (SSSR count). The molecule has 4 N–H and O–H groups in total. The number of hydrogen-bond acceptors (Lipinski definition) is 0. The largest absolute Gasteiger partial charge is 0.679 e. The van der Waals surface area contributed by atoms with E-state index in [2.05, 4.69) is 0 Å². The first-order valence-electron chi connectivity index (χ1n) is 2.41. The third kappa shape index (κ3) is 61.4. The molecule has 0 saturated heterocycles. The van der Waals surface area contributed by atoms with E-state index >= 15 is 0 Å². The van der Waals surface area contributed by atoms with Crippen molar-refractivity contribution in [2.45, 2.75) is 0 Å². The van der Waals surface area contributed by atoms with Crippen molar-refractivity contribution < 1.29 is 16.5 Å². The van der Waals surface area contributed by atoms with Gasteiger partial charge in [-0.25, -0.2) is 0 Å². The molecule has 0 atom stereocenters. The van der Waals surface area contributed by atoms with Crippen molar-refractivity contribution in [3.8, 4) is 0 Å². The van der Waals surface area contributed by atoms with Gasteiger partial charge in [0.15, 0.2) is 0 Å². The molecule has 0 heterocycles. The standard InChI is InChI=1S/2C2H6N2.Ni/c2*3-1-2-4;/h2*3-4H,1-2H2;/q2*-2;. The van der Waals surface area contributed by atoms with E-state index in [0.29, 0.717) is 0 Å². The van der Waals surface area contributed by atoms with Crippen molar-refractivity contribution in [2.75, 3.05) is 26.2 Å². The minimum atomic E-state index is 0. The van der Waals surface area contributed by atoms with E-state index < -0.39 is 0 Å². The van der Waals surface area contributed by atoms with Crippen LogP contribution >= 0.6 is 0 Å². The van der Waals surface area contributed by atoms with Crippen LogP contribution in [0.1, 0.15) is 0 Å². The summed E-state index contributed by atoms with van der Waals surface area (Å²) in [6.07, 6.45) is 0. The van der Waals surface area contributed by atoms with Crippen molar-refractivity contribution in [3.63, 3.8) is 0 Å². The van der Waals surface area contributed by atoms with Gasteiger partial charge in [-0.3, -0.25) is 0 Å². The molecule has 0 aromatic rings. The topological polar surface area (TPSA) is 95.2 Å². The second-order valence-corrected chi connectivity index (χ2v) is 1.000. The van der Waals surface area contributed by atoms with Crippen LogP contribution in [0.5, 0.6) is 0 Å². The Morgan fingerprint density at radius 2 is 0.667 bits per heavy atom. The summed E-state index contributed by atoms with van der Waals surface area (Å²) in [7, 11) is 0. The molecule has 0 aliphatic rings. The maximum Gasteiger partial charge on any atom is 0 e. The van der Waals surface area contributed by atoms with Crippen molar-refractivity contribution in [1.82, 2.24) is 0 Å². The first-order chi connectivity index (χ1) is 3.83. The SMILES string of the molecule is [NH-]CC[NH-].[NH-]CC[NH-].[Ni]. The Morgan fingerprint density at radius 1 is 0.556 bits per heavy atom. The molecule has 5 heteroatoms. The van der Waals surface area contributed by atoms with Gasteiger partial charge in [-0.05, 0) is 0 Å². The van der Waals surface area contributed by atoms with Crippen LogP contribution in [0, 0.1) is 0 Å². The Labute approximate surface area is 66.2 Å². The summed E-state index contributed by atoms with van der Waals surface area (Å²) in [6, 6.07) is 0. The molecule has 9 heavy (non-hydrogen) atoms. The first-order valence-corrected chi connectivity index (χ1v) is 2.41. The van der Waals surface area contributed by atoms with Crippen LogP contribution in [0.4, 0.5) is 0 Å². The van der Waals surface area contributed by atoms with Gasteiger partial charge in [0, 0.05) is 16.5 Å². The van der Waals surface area contributed by atoms with E-state index in [1.807, 2.05) is 0 Å². The summed E-state index contributed by atoms with van der Waals surface area (Å²) in [5.41, 5.74) is 25.1. The molecule has 0 aliphatic heterocycles. The van der Waals surface area contributed by atoms with Gasteiger partial charge in [0.1, 0.15) is 0 Å². The van der Waals surface area contributed by atoms with Crippen LogP contribution in [-0.4, -0.2) is 26.2 Å². The maximum absolute atomic E-state index is 6.26. The van der Waals surface area contributed by atoms with E-state index in [0.717, 1.165) is 0 Å². The predicted octanol–water partition coefficient (Wildman–Crippen LogP) is 2.18. The second-order valence-electron chi connectivity index (χ2n) is 1.000. The Kier molecular flexibility index (Phi) is 42.8. The number of hydrogen-bond donors (Lipinski definition) is 0. The molecule has 0 spiro atoms. The van der Waals surface area contributed by atoms with Crippen molar-refractivity contribution in [1.29, 1.82) is 0 Å². The number of nitrogens with one attached hydrogen (secondary N) is 4. The molecule has 0 amide bonds. The number of rotatable bonds is 2. The summed E-state index contributed by atoms with van der Waals surface area (Å²) in [4.78, 5) is 0. The summed E-state index contributed by atoms with van der Waals surface area (Å²) in [5.74, 6) is 0. The third-order valence-electron chi connectivity index (χ3n) is 0.250. The van der Waals surface area contributed by atoms with E-state index in [-0.39, 0.29) is 42.7 Å². The molecule has 0 bridgehead atoms. The summed E-state index contributed by atoms with van der Waals surface area (Å²) in [5, 5.41) is 0. The Balaban J connectivity index is -0.0000000720. The molecule has 0 aromatic carbocycles. The van der Waals surface area contributed by atoms with Gasteiger partial charge in [-0.2, -0.15) is 26.2 Å². The van der Waals surface area contributed by atoms with Gasteiger partial charge in [-0.1, -0.05) is 0 Å². The minimum Gasteiger partial charge on any atom is -0.679 e. The van der Waals surface area contributed by atoms with Crippen molar-refractivity contribution in [3.05, 3.63) is 22.9 Å². The summed E-state index contributed by atoms with van der Waals surface area (Å²) in [6.45, 7) is 0.944. The zero-order valence-electron chi connectivity index (χ0n) is 5.14. The Bertz CT molecular complexity index is 20.5. The predicted molar refractivity (Wildman–Crippen MR) is 36.8 cm³/mol. The van der Waals surface area contributed by atoms with Gasteiger partial charge in [-0.15, -0.1) is 0 Å². The van der Waals surface area contributed by atoms with Crippen LogP contribution in [0.25, 0.3) is 22.9 Å². The zero-order chi connectivity index (χ0) is 6.83. The Hall–Kier alpha value is 0.334. The summed E-state index contributed by atoms with van der Waals surface area (Å²) >= 11 is 0. The molecule has 0 saturated carbocycles. The van der Waals surface area contributed by atoms with Crippen molar-refractivity contribution >= 4 is 0 Å². The van der Waals surface area contributed by atoms with Gasteiger partial charge >= 0.3 is 0 Å². The normalized spacial score (nSPS) is 6.67. The average molecular weight is 175 g/mol. The molecule has 0 aliphatic carbocycles. The van der Waals surface area contributed by atoms with Gasteiger partial charge in [0.05, 0.1) is 0 Å². The smallest absolute Gasteiger partial charge is 0 e. The summed E-state index contributed by atoms with van der Waals surface area (Å²) < 4.78 is 0. The average Bonchev–Trinajstić information content (AvgIpc) is 1.88. The van der Waals surface area contributed by atoms with Gasteiger partial charge < -0.3 is 22.9 Å². The fourth-order valence-corrected chi connectivity index (χ4v) is 0.